The van der Waals surface area contributed by atoms with Crippen LogP contribution in [0.3, 0.4) is 0 Å². The van der Waals surface area contributed by atoms with Crippen LogP contribution in [0, 0.1) is 10.1 Å². The third-order valence-corrected chi connectivity index (χ3v) is 5.48. The summed E-state index contributed by atoms with van der Waals surface area (Å²) in [5.41, 5.74) is 1.47. The van der Waals surface area contributed by atoms with Gasteiger partial charge in [-0.05, 0) is 41.7 Å². The standard InChI is InChI=1S/C20H15N5O5S/c26-18(22-13-5-3-12(4-6-13)17-11-21-23-31-17)2-1-9-24-19(27)15-8-7-14(25(29)30)10-16(15)20(24)28/h3-8,10-11H,1-2,9H2,(H,22,26). The molecule has 0 saturated carbocycles. The molecule has 3 amide bonds. The first kappa shape index (κ1) is 20.3. The van der Waals surface area contributed by atoms with Crippen molar-refractivity contribution in [3.05, 3.63) is 69.9 Å². The highest BCUT2D eigenvalue weighted by atomic mass is 32.1. The van der Waals surface area contributed by atoms with Gasteiger partial charge in [0.25, 0.3) is 17.5 Å². The molecule has 0 saturated heterocycles. The fourth-order valence-electron chi connectivity index (χ4n) is 3.23. The van der Waals surface area contributed by atoms with E-state index in [9.17, 15) is 24.5 Å². The third-order valence-electron chi connectivity index (χ3n) is 4.77. The minimum Gasteiger partial charge on any atom is -0.326 e. The average Bonchev–Trinajstić information content (AvgIpc) is 3.37. The van der Waals surface area contributed by atoms with Crippen LogP contribution in [-0.2, 0) is 4.79 Å². The number of nitrogens with one attached hydrogen (secondary N) is 1. The van der Waals surface area contributed by atoms with Crippen molar-refractivity contribution in [1.82, 2.24) is 14.5 Å². The number of carbonyl (C=O) groups is 3. The lowest BCUT2D eigenvalue weighted by Crippen LogP contribution is -2.31. The maximum atomic E-state index is 12.5. The lowest BCUT2D eigenvalue weighted by Gasteiger charge is -2.13. The summed E-state index contributed by atoms with van der Waals surface area (Å²) < 4.78 is 3.81. The normalized spacial score (nSPS) is 12.7. The summed E-state index contributed by atoms with van der Waals surface area (Å²) in [7, 11) is 0. The molecule has 2 aromatic carbocycles. The molecule has 1 N–H and O–H groups in total. The molecular weight excluding hydrogens is 422 g/mol. The van der Waals surface area contributed by atoms with E-state index in [1.807, 2.05) is 12.1 Å². The highest BCUT2D eigenvalue weighted by Gasteiger charge is 2.36. The van der Waals surface area contributed by atoms with Gasteiger partial charge < -0.3 is 5.32 Å². The Morgan fingerprint density at radius 3 is 2.52 bits per heavy atom. The predicted molar refractivity (Wildman–Crippen MR) is 112 cm³/mol. The second kappa shape index (κ2) is 8.40. The Kier molecular flexibility index (Phi) is 5.50. The summed E-state index contributed by atoms with van der Waals surface area (Å²) in [6.07, 6.45) is 2.04. The Labute approximate surface area is 179 Å². The minimum atomic E-state index is -0.619. The molecule has 0 fully saturated rings. The monoisotopic (exact) mass is 437 g/mol. The fourth-order valence-corrected chi connectivity index (χ4v) is 3.75. The number of imide groups is 1. The largest absolute Gasteiger partial charge is 0.326 e. The van der Waals surface area contributed by atoms with E-state index in [0.29, 0.717) is 5.69 Å². The molecule has 1 aliphatic rings. The maximum Gasteiger partial charge on any atom is 0.270 e. The quantitative estimate of drug-likeness (QED) is 0.341. The molecule has 0 bridgehead atoms. The van der Waals surface area contributed by atoms with E-state index in [0.717, 1.165) is 21.4 Å². The molecule has 10 nitrogen and oxygen atoms in total. The van der Waals surface area contributed by atoms with Crippen molar-refractivity contribution < 1.29 is 19.3 Å². The Hall–Kier alpha value is -3.99. The van der Waals surface area contributed by atoms with Crippen LogP contribution >= 0.6 is 11.5 Å². The SMILES string of the molecule is O=C(CCCN1C(=O)c2ccc([N+](=O)[O-])cc2C1=O)Nc1ccc(-c2cnns2)cc1. The zero-order valence-electron chi connectivity index (χ0n) is 16.0. The number of benzene rings is 2. The Morgan fingerprint density at radius 2 is 1.84 bits per heavy atom. The van der Waals surface area contributed by atoms with Crippen LogP contribution in [-0.4, -0.2) is 43.7 Å². The van der Waals surface area contributed by atoms with Crippen molar-refractivity contribution in [3.8, 4) is 10.4 Å². The van der Waals surface area contributed by atoms with Gasteiger partial charge in [-0.15, -0.1) is 5.10 Å². The second-order valence-corrected chi connectivity index (χ2v) is 7.55. The molecule has 0 radical (unpaired) electrons. The van der Waals surface area contributed by atoms with Crippen LogP contribution in [0.5, 0.6) is 0 Å². The summed E-state index contributed by atoms with van der Waals surface area (Å²) in [6.45, 7) is 0.0465. The molecule has 156 valence electrons. The number of non-ortho nitro benzene ring substituents is 1. The molecule has 0 unspecified atom stereocenters. The van der Waals surface area contributed by atoms with Gasteiger partial charge in [0.15, 0.2) is 0 Å². The number of anilines is 1. The summed E-state index contributed by atoms with van der Waals surface area (Å²) in [6, 6.07) is 10.8. The van der Waals surface area contributed by atoms with Gasteiger partial charge in [-0.3, -0.25) is 29.4 Å². The van der Waals surface area contributed by atoms with Gasteiger partial charge in [0.1, 0.15) is 0 Å². The number of nitro groups is 1. The van der Waals surface area contributed by atoms with Gasteiger partial charge in [0.05, 0.1) is 27.1 Å². The van der Waals surface area contributed by atoms with E-state index in [1.54, 1.807) is 18.3 Å². The van der Waals surface area contributed by atoms with Crippen LogP contribution in [0.1, 0.15) is 33.6 Å². The number of aromatic nitrogens is 2. The van der Waals surface area contributed by atoms with E-state index in [-0.39, 0.29) is 42.1 Å². The number of hydrogen-bond donors (Lipinski definition) is 1. The van der Waals surface area contributed by atoms with Crippen LogP contribution in [0.15, 0.2) is 48.7 Å². The lowest BCUT2D eigenvalue weighted by atomic mass is 10.1. The van der Waals surface area contributed by atoms with E-state index < -0.39 is 16.7 Å². The van der Waals surface area contributed by atoms with Crippen molar-refractivity contribution in [3.63, 3.8) is 0 Å². The number of carbonyl (C=O) groups excluding carboxylic acids is 3. The van der Waals surface area contributed by atoms with Gasteiger partial charge in [0.2, 0.25) is 5.91 Å². The van der Waals surface area contributed by atoms with Crippen molar-refractivity contribution in [2.45, 2.75) is 12.8 Å². The number of amides is 3. The Morgan fingerprint density at radius 1 is 1.10 bits per heavy atom. The summed E-state index contributed by atoms with van der Waals surface area (Å²) in [4.78, 5) is 49.3. The van der Waals surface area contributed by atoms with E-state index in [2.05, 4.69) is 14.9 Å². The van der Waals surface area contributed by atoms with Crippen LogP contribution in [0.4, 0.5) is 11.4 Å². The molecule has 11 heteroatoms. The molecule has 2 heterocycles. The number of nitrogens with zero attached hydrogens (tertiary/aromatic N) is 4. The second-order valence-electron chi connectivity index (χ2n) is 6.76. The molecule has 1 aromatic heterocycles. The summed E-state index contributed by atoms with van der Waals surface area (Å²) in [5, 5.41) is 17.4. The maximum absolute atomic E-state index is 12.5. The average molecular weight is 437 g/mol. The molecule has 31 heavy (non-hydrogen) atoms. The molecule has 0 spiro atoms. The summed E-state index contributed by atoms with van der Waals surface area (Å²) >= 11 is 1.28. The predicted octanol–water partition coefficient (Wildman–Crippen LogP) is 3.13. The van der Waals surface area contributed by atoms with Gasteiger partial charge >= 0.3 is 0 Å². The highest BCUT2D eigenvalue weighted by molar-refractivity contribution is 7.09. The number of rotatable bonds is 7. The first-order valence-electron chi connectivity index (χ1n) is 9.26. The minimum absolute atomic E-state index is 0.0138. The molecule has 4 rings (SSSR count). The van der Waals surface area contributed by atoms with Crippen molar-refractivity contribution in [2.75, 3.05) is 11.9 Å². The first-order chi connectivity index (χ1) is 14.9. The zero-order chi connectivity index (χ0) is 22.0. The smallest absolute Gasteiger partial charge is 0.270 e. The third kappa shape index (κ3) is 4.16. The zero-order valence-corrected chi connectivity index (χ0v) is 16.8. The Balaban J connectivity index is 1.31. The van der Waals surface area contributed by atoms with Gasteiger partial charge in [-0.1, -0.05) is 16.6 Å². The Bertz CT molecular complexity index is 1180. The highest BCUT2D eigenvalue weighted by Crippen LogP contribution is 2.27. The topological polar surface area (TPSA) is 135 Å². The van der Waals surface area contributed by atoms with Crippen LogP contribution in [0.25, 0.3) is 10.4 Å². The first-order valence-corrected chi connectivity index (χ1v) is 10.0. The molecule has 0 aliphatic carbocycles. The fraction of sp³-hybridized carbons (Fsp3) is 0.150. The van der Waals surface area contributed by atoms with Crippen LogP contribution < -0.4 is 5.32 Å². The molecular formula is C20H15N5O5S. The number of fused-ring (bicyclic) bond motifs is 1. The number of hydrogen-bond acceptors (Lipinski definition) is 8. The summed E-state index contributed by atoms with van der Waals surface area (Å²) in [5.74, 6) is -1.35. The molecule has 0 atom stereocenters. The van der Waals surface area contributed by atoms with E-state index in [4.69, 9.17) is 0 Å². The van der Waals surface area contributed by atoms with Crippen LogP contribution in [0.2, 0.25) is 0 Å². The molecule has 3 aromatic rings. The van der Waals surface area contributed by atoms with Crippen molar-refractivity contribution >= 4 is 40.6 Å². The van der Waals surface area contributed by atoms with Gasteiger partial charge in [-0.2, -0.15) is 0 Å². The molecule has 1 aliphatic heterocycles. The van der Waals surface area contributed by atoms with Crippen molar-refractivity contribution in [2.24, 2.45) is 0 Å². The number of nitro benzene ring substituents is 1. The lowest BCUT2D eigenvalue weighted by molar-refractivity contribution is -0.384. The van der Waals surface area contributed by atoms with E-state index >= 15 is 0 Å². The van der Waals surface area contributed by atoms with Gasteiger partial charge in [-0.25, -0.2) is 0 Å². The van der Waals surface area contributed by atoms with Crippen molar-refractivity contribution in [1.29, 1.82) is 0 Å². The van der Waals surface area contributed by atoms with Gasteiger partial charge in [0, 0.05) is 30.8 Å². The van der Waals surface area contributed by atoms with E-state index in [1.165, 1.54) is 23.7 Å².